The summed E-state index contributed by atoms with van der Waals surface area (Å²) in [5, 5.41) is 3.07. The van der Waals surface area contributed by atoms with E-state index in [1.54, 1.807) is 12.1 Å². The largest absolute Gasteiger partial charge is 0.354 e. The summed E-state index contributed by atoms with van der Waals surface area (Å²) >= 11 is 0. The minimum atomic E-state index is -3.61. The molecule has 1 N–H and O–H groups in total. The summed E-state index contributed by atoms with van der Waals surface area (Å²) in [6.45, 7) is 2.52. The highest BCUT2D eigenvalue weighted by Crippen LogP contribution is 2.31. The van der Waals surface area contributed by atoms with Crippen LogP contribution < -0.4 is 9.62 Å². The summed E-state index contributed by atoms with van der Waals surface area (Å²) < 4.78 is 28.1. The second-order valence-electron chi connectivity index (χ2n) is 8.95. The van der Waals surface area contributed by atoms with E-state index in [-0.39, 0.29) is 16.8 Å². The molecule has 6 heteroatoms. The molecule has 178 valence electrons. The number of anilines is 1. The van der Waals surface area contributed by atoms with Crippen LogP contribution >= 0.6 is 0 Å². The van der Waals surface area contributed by atoms with Gasteiger partial charge in [-0.25, -0.2) is 8.42 Å². The van der Waals surface area contributed by atoms with Gasteiger partial charge in [-0.1, -0.05) is 60.7 Å². The van der Waals surface area contributed by atoms with Crippen molar-refractivity contribution in [1.29, 1.82) is 0 Å². The van der Waals surface area contributed by atoms with Crippen LogP contribution in [-0.2, 0) is 34.1 Å². The van der Waals surface area contributed by atoms with Crippen molar-refractivity contribution in [3.05, 3.63) is 95.6 Å². The fourth-order valence-corrected chi connectivity index (χ4v) is 5.95. The first-order chi connectivity index (χ1) is 16.4. The number of benzene rings is 3. The summed E-state index contributed by atoms with van der Waals surface area (Å²) in [5.74, 6) is 0.0159. The second kappa shape index (κ2) is 10.9. The lowest BCUT2D eigenvalue weighted by molar-refractivity contribution is -0.121. The normalized spacial score (nSPS) is 14.3. The zero-order valence-corrected chi connectivity index (χ0v) is 20.4. The molecule has 1 atom stereocenters. The standard InChI is InChI=1S/C28H32N2O3S/c1-22(13-14-23-8-3-2-4-9-23)29-28(31)20-17-24-15-18-26(19-16-24)34(32,33)30-21-7-11-25-10-5-6-12-27(25)30/h2-6,8-10,12,15-16,18-19,22H,7,11,13-14,17,20-21H2,1H3,(H,29,31)/t22-/m1/s1. The van der Waals surface area contributed by atoms with Crippen LogP contribution in [0.25, 0.3) is 0 Å². The Balaban J connectivity index is 1.30. The lowest BCUT2D eigenvalue weighted by Gasteiger charge is -2.30. The van der Waals surface area contributed by atoms with Crippen LogP contribution in [0.15, 0.2) is 83.8 Å². The quantitative estimate of drug-likeness (QED) is 0.478. The molecule has 3 aromatic carbocycles. The van der Waals surface area contributed by atoms with Gasteiger partial charge in [-0.15, -0.1) is 0 Å². The molecule has 34 heavy (non-hydrogen) atoms. The Bertz CT molecular complexity index is 1210. The summed E-state index contributed by atoms with van der Waals surface area (Å²) in [5.41, 5.74) is 4.06. The third-order valence-corrected chi connectivity index (χ3v) is 8.16. The third-order valence-electron chi connectivity index (χ3n) is 6.34. The van der Waals surface area contributed by atoms with Gasteiger partial charge >= 0.3 is 0 Å². The minimum absolute atomic E-state index is 0.0159. The van der Waals surface area contributed by atoms with Gasteiger partial charge in [0.1, 0.15) is 0 Å². The molecule has 0 radical (unpaired) electrons. The molecule has 0 spiro atoms. The van der Waals surface area contributed by atoms with Gasteiger partial charge in [0.25, 0.3) is 10.0 Å². The fraction of sp³-hybridized carbons (Fsp3) is 0.321. The van der Waals surface area contributed by atoms with Crippen LogP contribution in [-0.4, -0.2) is 26.9 Å². The number of aryl methyl sites for hydroxylation is 3. The Morgan fingerprint density at radius 2 is 1.59 bits per heavy atom. The Hall–Kier alpha value is -3.12. The molecule has 1 aliphatic rings. The van der Waals surface area contributed by atoms with Crippen molar-refractivity contribution in [3.63, 3.8) is 0 Å². The monoisotopic (exact) mass is 476 g/mol. The number of hydrogen-bond acceptors (Lipinski definition) is 3. The van der Waals surface area contributed by atoms with Crippen molar-refractivity contribution < 1.29 is 13.2 Å². The number of rotatable bonds is 9. The first-order valence-electron chi connectivity index (χ1n) is 12.0. The Morgan fingerprint density at radius 1 is 0.912 bits per heavy atom. The van der Waals surface area contributed by atoms with Gasteiger partial charge < -0.3 is 5.32 Å². The Labute approximate surface area is 202 Å². The molecule has 0 saturated heterocycles. The van der Waals surface area contributed by atoms with Crippen LogP contribution in [0.5, 0.6) is 0 Å². The average molecular weight is 477 g/mol. The maximum atomic E-state index is 13.3. The van der Waals surface area contributed by atoms with Gasteiger partial charge in [-0.3, -0.25) is 9.10 Å². The summed E-state index contributed by atoms with van der Waals surface area (Å²) in [7, 11) is -3.61. The van der Waals surface area contributed by atoms with E-state index in [9.17, 15) is 13.2 Å². The molecule has 0 fully saturated rings. The summed E-state index contributed by atoms with van der Waals surface area (Å²) in [6, 6.07) is 25.0. The van der Waals surface area contributed by atoms with Crippen molar-refractivity contribution >= 4 is 21.6 Å². The van der Waals surface area contributed by atoms with E-state index in [1.165, 1.54) is 9.87 Å². The summed E-state index contributed by atoms with van der Waals surface area (Å²) in [4.78, 5) is 12.7. The molecule has 1 heterocycles. The number of nitrogens with one attached hydrogen (secondary N) is 1. The van der Waals surface area contributed by atoms with Crippen molar-refractivity contribution in [2.45, 2.75) is 56.4 Å². The van der Waals surface area contributed by atoms with Gasteiger partial charge in [-0.05, 0) is 73.9 Å². The van der Waals surface area contributed by atoms with Crippen LogP contribution in [0.4, 0.5) is 5.69 Å². The van der Waals surface area contributed by atoms with Gasteiger partial charge in [0.15, 0.2) is 0 Å². The lowest BCUT2D eigenvalue weighted by atomic mass is 10.0. The maximum absolute atomic E-state index is 13.3. The molecule has 0 bridgehead atoms. The van der Waals surface area contributed by atoms with E-state index in [4.69, 9.17) is 0 Å². The second-order valence-corrected chi connectivity index (χ2v) is 10.8. The van der Waals surface area contributed by atoms with Gasteiger partial charge in [0.2, 0.25) is 5.91 Å². The smallest absolute Gasteiger partial charge is 0.264 e. The molecule has 3 aromatic rings. The van der Waals surface area contributed by atoms with E-state index >= 15 is 0 Å². The van der Waals surface area contributed by atoms with Gasteiger partial charge in [0.05, 0.1) is 10.6 Å². The van der Waals surface area contributed by atoms with Crippen LogP contribution in [0.2, 0.25) is 0 Å². The van der Waals surface area contributed by atoms with E-state index in [1.807, 2.05) is 61.5 Å². The molecule has 1 aliphatic heterocycles. The number of carbonyl (C=O) groups excluding carboxylic acids is 1. The molecule has 0 aromatic heterocycles. The highest BCUT2D eigenvalue weighted by atomic mass is 32.2. The van der Waals surface area contributed by atoms with Crippen LogP contribution in [0, 0.1) is 0 Å². The molecule has 1 amide bonds. The SMILES string of the molecule is C[C@H](CCc1ccccc1)NC(=O)CCc1ccc(S(=O)(=O)N2CCCc3ccccc32)cc1. The van der Waals surface area contributed by atoms with Crippen molar-refractivity contribution in [1.82, 2.24) is 5.32 Å². The highest BCUT2D eigenvalue weighted by molar-refractivity contribution is 7.92. The molecule has 5 nitrogen and oxygen atoms in total. The van der Waals surface area contributed by atoms with E-state index in [0.717, 1.165) is 42.5 Å². The zero-order chi connectivity index (χ0) is 24.0. The first kappa shape index (κ1) is 24.0. The maximum Gasteiger partial charge on any atom is 0.264 e. The van der Waals surface area contributed by atoms with Gasteiger partial charge in [0, 0.05) is 19.0 Å². The van der Waals surface area contributed by atoms with Gasteiger partial charge in [-0.2, -0.15) is 0 Å². The average Bonchev–Trinajstić information content (AvgIpc) is 2.87. The molecule has 0 aliphatic carbocycles. The third kappa shape index (κ3) is 5.86. The molecule has 0 unspecified atom stereocenters. The molecule has 0 saturated carbocycles. The summed E-state index contributed by atoms with van der Waals surface area (Å²) in [6.07, 6.45) is 4.48. The molecule has 4 rings (SSSR count). The minimum Gasteiger partial charge on any atom is -0.354 e. The topological polar surface area (TPSA) is 66.5 Å². The predicted octanol–water partition coefficient (Wildman–Crippen LogP) is 4.90. The van der Waals surface area contributed by atoms with E-state index in [0.29, 0.717) is 19.4 Å². The number of amides is 1. The highest BCUT2D eigenvalue weighted by Gasteiger charge is 2.28. The Morgan fingerprint density at radius 3 is 2.35 bits per heavy atom. The molecular weight excluding hydrogens is 444 g/mol. The zero-order valence-electron chi connectivity index (χ0n) is 19.6. The Kier molecular flexibility index (Phi) is 7.68. The number of nitrogens with zero attached hydrogens (tertiary/aromatic N) is 1. The first-order valence-corrected chi connectivity index (χ1v) is 13.4. The molecular formula is C28H32N2O3S. The van der Waals surface area contributed by atoms with E-state index < -0.39 is 10.0 Å². The van der Waals surface area contributed by atoms with Crippen LogP contribution in [0.1, 0.15) is 42.9 Å². The van der Waals surface area contributed by atoms with Crippen LogP contribution in [0.3, 0.4) is 0 Å². The van der Waals surface area contributed by atoms with E-state index in [2.05, 4.69) is 17.4 Å². The number of para-hydroxylation sites is 1. The number of hydrogen-bond donors (Lipinski definition) is 1. The fourth-order valence-electron chi connectivity index (χ4n) is 4.41. The number of fused-ring (bicyclic) bond motifs is 1. The predicted molar refractivity (Wildman–Crippen MR) is 136 cm³/mol. The van der Waals surface area contributed by atoms with Crippen molar-refractivity contribution in [2.24, 2.45) is 0 Å². The lowest BCUT2D eigenvalue weighted by Crippen LogP contribution is -2.35. The number of sulfonamides is 1. The van der Waals surface area contributed by atoms with Crippen molar-refractivity contribution in [3.8, 4) is 0 Å². The van der Waals surface area contributed by atoms with Crippen molar-refractivity contribution in [2.75, 3.05) is 10.8 Å². The number of carbonyl (C=O) groups is 1.